The lowest BCUT2D eigenvalue weighted by atomic mass is 10.3. The average molecular weight is 261 g/mol. The second-order valence-electron chi connectivity index (χ2n) is 3.30. The van der Waals surface area contributed by atoms with E-state index in [2.05, 4.69) is 4.74 Å². The molecule has 0 aliphatic heterocycles. The zero-order chi connectivity index (χ0) is 13.1. The summed E-state index contributed by atoms with van der Waals surface area (Å²) in [6, 6.07) is 5.30. The highest BCUT2D eigenvalue weighted by atomic mass is 32.2. The van der Waals surface area contributed by atoms with Crippen molar-refractivity contribution in [2.24, 2.45) is 0 Å². The van der Waals surface area contributed by atoms with Crippen LogP contribution in [0.4, 0.5) is 10.1 Å². The number of sulfonamides is 1. The maximum Gasteiger partial charge on any atom is 0.326 e. The number of carbonyl (C=O) groups is 1. The average Bonchev–Trinajstić information content (AvgIpc) is 2.25. The van der Waals surface area contributed by atoms with Gasteiger partial charge in [-0.05, 0) is 12.1 Å². The van der Waals surface area contributed by atoms with E-state index in [-0.39, 0.29) is 5.69 Å². The predicted molar refractivity (Wildman–Crippen MR) is 60.6 cm³/mol. The molecule has 17 heavy (non-hydrogen) atoms. The van der Waals surface area contributed by atoms with Crippen molar-refractivity contribution in [3.05, 3.63) is 30.1 Å². The Hall–Kier alpha value is -1.63. The molecule has 5 nitrogen and oxygen atoms in total. The number of anilines is 1. The second kappa shape index (κ2) is 5.13. The van der Waals surface area contributed by atoms with Crippen molar-refractivity contribution in [3.63, 3.8) is 0 Å². The van der Waals surface area contributed by atoms with Crippen molar-refractivity contribution in [1.29, 1.82) is 0 Å². The van der Waals surface area contributed by atoms with Crippen molar-refractivity contribution in [3.8, 4) is 0 Å². The zero-order valence-corrected chi connectivity index (χ0v) is 10.2. The van der Waals surface area contributed by atoms with E-state index in [1.165, 1.54) is 18.2 Å². The van der Waals surface area contributed by atoms with Crippen LogP contribution >= 0.6 is 0 Å². The van der Waals surface area contributed by atoms with E-state index in [1.807, 2.05) is 0 Å². The Balaban J connectivity index is 3.17. The van der Waals surface area contributed by atoms with Crippen LogP contribution in [0.25, 0.3) is 0 Å². The lowest BCUT2D eigenvalue weighted by Crippen LogP contribution is -2.36. The first kappa shape index (κ1) is 13.4. The minimum Gasteiger partial charge on any atom is -0.468 e. The predicted octanol–water partition coefficient (Wildman–Crippen LogP) is 0.765. The first-order valence-electron chi connectivity index (χ1n) is 4.65. The van der Waals surface area contributed by atoms with Crippen LogP contribution in [-0.2, 0) is 19.6 Å². The Kier molecular flexibility index (Phi) is 4.06. The van der Waals surface area contributed by atoms with Gasteiger partial charge in [0.2, 0.25) is 10.0 Å². The summed E-state index contributed by atoms with van der Waals surface area (Å²) in [5.74, 6) is -1.49. The van der Waals surface area contributed by atoms with Crippen molar-refractivity contribution < 1.29 is 22.3 Å². The van der Waals surface area contributed by atoms with Gasteiger partial charge in [-0.15, -0.1) is 0 Å². The third-order valence-corrected chi connectivity index (χ3v) is 3.15. The number of carbonyl (C=O) groups excluding carboxylic acids is 1. The molecular weight excluding hydrogens is 249 g/mol. The summed E-state index contributed by atoms with van der Waals surface area (Å²) in [6.07, 6.45) is 0.891. The number of ether oxygens (including phenoxy) is 1. The SMILES string of the molecule is COC(=O)CN(c1ccccc1F)S(C)(=O)=O. The molecule has 0 fully saturated rings. The minimum atomic E-state index is -3.75. The van der Waals surface area contributed by atoms with E-state index in [0.29, 0.717) is 4.31 Å². The van der Waals surface area contributed by atoms with Gasteiger partial charge in [0, 0.05) is 0 Å². The van der Waals surface area contributed by atoms with Crippen LogP contribution in [0, 0.1) is 5.82 Å². The van der Waals surface area contributed by atoms with Crippen LogP contribution in [0.15, 0.2) is 24.3 Å². The number of esters is 1. The van der Waals surface area contributed by atoms with Crippen LogP contribution in [0.1, 0.15) is 0 Å². The molecule has 0 aliphatic carbocycles. The molecule has 0 spiro atoms. The highest BCUT2D eigenvalue weighted by Crippen LogP contribution is 2.20. The van der Waals surface area contributed by atoms with Gasteiger partial charge in [-0.3, -0.25) is 9.10 Å². The van der Waals surface area contributed by atoms with E-state index in [1.54, 1.807) is 0 Å². The van der Waals surface area contributed by atoms with Crippen molar-refractivity contribution in [1.82, 2.24) is 0 Å². The Morgan fingerprint density at radius 1 is 1.41 bits per heavy atom. The fourth-order valence-corrected chi connectivity index (χ4v) is 2.06. The van der Waals surface area contributed by atoms with Gasteiger partial charge >= 0.3 is 5.97 Å². The largest absolute Gasteiger partial charge is 0.468 e. The van der Waals surface area contributed by atoms with Crippen LogP contribution in [-0.4, -0.2) is 34.3 Å². The maximum absolute atomic E-state index is 13.5. The van der Waals surface area contributed by atoms with E-state index in [9.17, 15) is 17.6 Å². The standard InChI is InChI=1S/C10H12FNO4S/c1-16-10(13)7-12(17(2,14)15)9-6-4-3-5-8(9)11/h3-6H,7H2,1-2H3. The Labute approximate surface area is 98.9 Å². The van der Waals surface area contributed by atoms with Gasteiger partial charge in [0.15, 0.2) is 0 Å². The molecule has 0 N–H and O–H groups in total. The molecule has 0 atom stereocenters. The lowest BCUT2D eigenvalue weighted by Gasteiger charge is -2.21. The summed E-state index contributed by atoms with van der Waals surface area (Å²) >= 11 is 0. The summed E-state index contributed by atoms with van der Waals surface area (Å²) in [7, 11) is -2.62. The molecule has 0 radical (unpaired) electrons. The number of rotatable bonds is 4. The van der Waals surface area contributed by atoms with Crippen LogP contribution in [0.5, 0.6) is 0 Å². The van der Waals surface area contributed by atoms with Crippen molar-refractivity contribution in [2.45, 2.75) is 0 Å². The molecule has 1 rings (SSSR count). The number of nitrogens with zero attached hydrogens (tertiary/aromatic N) is 1. The van der Waals surface area contributed by atoms with Crippen molar-refractivity contribution >= 4 is 21.7 Å². The normalized spacial score (nSPS) is 11.0. The van der Waals surface area contributed by atoms with E-state index in [0.717, 1.165) is 19.4 Å². The number of methoxy groups -OCH3 is 1. The first-order valence-corrected chi connectivity index (χ1v) is 6.50. The molecule has 0 saturated carbocycles. The Morgan fingerprint density at radius 2 is 2.00 bits per heavy atom. The molecule has 0 bridgehead atoms. The van der Waals surface area contributed by atoms with Crippen LogP contribution in [0.2, 0.25) is 0 Å². The molecule has 1 aromatic rings. The number of hydrogen-bond donors (Lipinski definition) is 0. The third-order valence-electron chi connectivity index (χ3n) is 2.02. The van der Waals surface area contributed by atoms with E-state index >= 15 is 0 Å². The molecule has 0 aromatic heterocycles. The zero-order valence-electron chi connectivity index (χ0n) is 9.38. The number of halogens is 1. The van der Waals surface area contributed by atoms with Gasteiger partial charge < -0.3 is 4.74 Å². The maximum atomic E-state index is 13.5. The minimum absolute atomic E-state index is 0.180. The third kappa shape index (κ3) is 3.42. The monoisotopic (exact) mass is 261 g/mol. The Bertz CT molecular complexity index is 515. The summed E-state index contributed by atoms with van der Waals surface area (Å²) in [5.41, 5.74) is -0.180. The summed E-state index contributed by atoms with van der Waals surface area (Å²) in [4.78, 5) is 11.1. The summed E-state index contributed by atoms with van der Waals surface area (Å²) < 4.78 is 41.5. The summed E-state index contributed by atoms with van der Waals surface area (Å²) in [6.45, 7) is -0.559. The highest BCUT2D eigenvalue weighted by molar-refractivity contribution is 7.92. The smallest absolute Gasteiger partial charge is 0.326 e. The fraction of sp³-hybridized carbons (Fsp3) is 0.300. The molecular formula is C10H12FNO4S. The van der Waals surface area contributed by atoms with Gasteiger partial charge in [0.1, 0.15) is 12.4 Å². The molecule has 7 heteroatoms. The van der Waals surface area contributed by atoms with Gasteiger partial charge in [-0.25, -0.2) is 12.8 Å². The van der Waals surface area contributed by atoms with E-state index < -0.39 is 28.4 Å². The van der Waals surface area contributed by atoms with Gasteiger partial charge in [0.25, 0.3) is 0 Å². The molecule has 0 unspecified atom stereocenters. The van der Waals surface area contributed by atoms with Gasteiger partial charge in [-0.2, -0.15) is 0 Å². The number of hydrogen-bond acceptors (Lipinski definition) is 4. The second-order valence-corrected chi connectivity index (χ2v) is 5.20. The van der Waals surface area contributed by atoms with Crippen molar-refractivity contribution in [2.75, 3.05) is 24.2 Å². The van der Waals surface area contributed by atoms with Crippen LogP contribution < -0.4 is 4.31 Å². The van der Waals surface area contributed by atoms with E-state index in [4.69, 9.17) is 0 Å². The Morgan fingerprint density at radius 3 is 2.47 bits per heavy atom. The quantitative estimate of drug-likeness (QED) is 0.751. The first-order chi connectivity index (χ1) is 7.86. The topological polar surface area (TPSA) is 63.7 Å². The lowest BCUT2D eigenvalue weighted by molar-refractivity contribution is -0.138. The molecule has 0 heterocycles. The highest BCUT2D eigenvalue weighted by Gasteiger charge is 2.23. The molecule has 1 aromatic carbocycles. The molecule has 0 aliphatic rings. The number of benzene rings is 1. The fourth-order valence-electron chi connectivity index (χ4n) is 1.22. The summed E-state index contributed by atoms with van der Waals surface area (Å²) in [5, 5.41) is 0. The molecule has 0 amide bonds. The van der Waals surface area contributed by atoms with Gasteiger partial charge in [0.05, 0.1) is 19.1 Å². The van der Waals surface area contributed by atoms with Gasteiger partial charge in [-0.1, -0.05) is 12.1 Å². The molecule has 94 valence electrons. The van der Waals surface area contributed by atoms with Crippen LogP contribution in [0.3, 0.4) is 0 Å². The number of para-hydroxylation sites is 1. The molecule has 0 saturated heterocycles.